The highest BCUT2D eigenvalue weighted by atomic mass is 19.1. The first-order valence-electron chi connectivity index (χ1n) is 13.9. The second-order valence-corrected chi connectivity index (χ2v) is 11.0. The monoisotopic (exact) mass is 563 g/mol. The van der Waals surface area contributed by atoms with Crippen LogP contribution in [-0.4, -0.2) is 60.7 Å². The highest BCUT2D eigenvalue weighted by Crippen LogP contribution is 2.33. The van der Waals surface area contributed by atoms with Crippen LogP contribution in [0.2, 0.25) is 0 Å². The van der Waals surface area contributed by atoms with Gasteiger partial charge in [-0.3, -0.25) is 9.69 Å². The number of nitrogens with one attached hydrogen (secondary N) is 1. The van der Waals surface area contributed by atoms with Crippen molar-refractivity contribution in [3.8, 4) is 17.5 Å². The summed E-state index contributed by atoms with van der Waals surface area (Å²) in [5.74, 6) is 5.21. The number of aliphatic hydroxyl groups is 1. The zero-order valence-corrected chi connectivity index (χ0v) is 23.6. The number of amides is 1. The number of anilines is 1. The third-order valence-electron chi connectivity index (χ3n) is 7.27. The number of rotatable bonds is 4. The number of fused-ring (bicyclic) bond motifs is 2. The molecule has 9 nitrogen and oxygen atoms in total. The summed E-state index contributed by atoms with van der Waals surface area (Å²) in [6, 6.07) is 13.4. The molecule has 0 radical (unpaired) electrons. The van der Waals surface area contributed by atoms with Gasteiger partial charge in [0.2, 0.25) is 0 Å². The van der Waals surface area contributed by atoms with Crippen molar-refractivity contribution in [3.63, 3.8) is 0 Å². The molecule has 0 spiro atoms. The highest BCUT2D eigenvalue weighted by molar-refractivity contribution is 6.11. The number of hydrogen-bond acceptors (Lipinski definition) is 7. The predicted octanol–water partition coefficient (Wildman–Crippen LogP) is 4.33. The molecule has 0 saturated carbocycles. The summed E-state index contributed by atoms with van der Waals surface area (Å²) in [6.45, 7) is 6.63. The lowest BCUT2D eigenvalue weighted by Crippen LogP contribution is -2.49. The fourth-order valence-electron chi connectivity index (χ4n) is 5.35. The lowest BCUT2D eigenvalue weighted by atomic mass is 9.99. The van der Waals surface area contributed by atoms with Crippen LogP contribution < -0.4 is 10.2 Å². The van der Waals surface area contributed by atoms with Crippen molar-refractivity contribution in [2.24, 2.45) is 0 Å². The number of hydrogen-bond donors (Lipinski definition) is 2. The fraction of sp³-hybridized carbons (Fsp3) is 0.281. The molecule has 5 aromatic rings. The van der Waals surface area contributed by atoms with E-state index in [4.69, 9.17) is 0 Å². The lowest BCUT2D eigenvalue weighted by molar-refractivity contribution is 0.0967. The Morgan fingerprint density at radius 3 is 2.79 bits per heavy atom. The molecule has 0 aliphatic carbocycles. The van der Waals surface area contributed by atoms with Gasteiger partial charge < -0.3 is 10.4 Å². The molecule has 2 N–H and O–H groups in total. The largest absolute Gasteiger partial charge is 0.378 e. The Balaban J connectivity index is 1.43. The first-order valence-corrected chi connectivity index (χ1v) is 13.9. The number of aromatic nitrogens is 5. The Kier molecular flexibility index (Phi) is 7.14. The second kappa shape index (κ2) is 10.9. The van der Waals surface area contributed by atoms with Crippen molar-refractivity contribution in [2.75, 3.05) is 18.0 Å². The number of aryl methyl sites for hydroxylation is 1. The summed E-state index contributed by atoms with van der Waals surface area (Å²) < 4.78 is 17.2. The molecular weight excluding hydrogens is 533 g/mol. The van der Waals surface area contributed by atoms with Crippen LogP contribution in [0.5, 0.6) is 0 Å². The topological polar surface area (TPSA) is 109 Å². The molecule has 0 bridgehead atoms. The molecule has 1 fully saturated rings. The molecular formula is C32H30FN7O2. The second-order valence-electron chi connectivity index (χ2n) is 11.0. The van der Waals surface area contributed by atoms with E-state index in [9.17, 15) is 9.90 Å². The van der Waals surface area contributed by atoms with Gasteiger partial charge in [-0.2, -0.15) is 4.68 Å². The van der Waals surface area contributed by atoms with E-state index in [0.717, 1.165) is 41.3 Å². The number of pyridine rings is 2. The summed E-state index contributed by atoms with van der Waals surface area (Å²) in [4.78, 5) is 24.8. The fourth-order valence-corrected chi connectivity index (χ4v) is 5.35. The van der Waals surface area contributed by atoms with Crippen LogP contribution in [0.15, 0.2) is 60.9 Å². The summed E-state index contributed by atoms with van der Waals surface area (Å²) >= 11 is 0. The summed E-state index contributed by atoms with van der Waals surface area (Å²) in [5, 5.41) is 23.3. The van der Waals surface area contributed by atoms with Crippen LogP contribution >= 0.6 is 0 Å². The average Bonchev–Trinajstić information content (AvgIpc) is 3.40. The molecule has 42 heavy (non-hydrogen) atoms. The lowest BCUT2D eigenvalue weighted by Gasteiger charge is -2.35. The van der Waals surface area contributed by atoms with Crippen molar-refractivity contribution >= 4 is 33.7 Å². The molecule has 212 valence electrons. The van der Waals surface area contributed by atoms with Gasteiger partial charge in [0.05, 0.1) is 17.3 Å². The number of carbonyl (C=O) groups excluding carboxylic acids is 1. The van der Waals surface area contributed by atoms with Gasteiger partial charge in [-0.1, -0.05) is 17.1 Å². The van der Waals surface area contributed by atoms with E-state index in [0.29, 0.717) is 29.2 Å². The zero-order valence-electron chi connectivity index (χ0n) is 23.6. The van der Waals surface area contributed by atoms with E-state index in [1.54, 1.807) is 49.3 Å². The highest BCUT2D eigenvalue weighted by Gasteiger charge is 2.32. The first-order chi connectivity index (χ1) is 20.2. The molecule has 1 aliphatic heterocycles. The number of carbonyl (C=O) groups is 1. The average molecular weight is 564 g/mol. The zero-order chi connectivity index (χ0) is 29.4. The van der Waals surface area contributed by atoms with Gasteiger partial charge in [0.15, 0.2) is 5.65 Å². The van der Waals surface area contributed by atoms with Crippen LogP contribution in [0.25, 0.3) is 27.6 Å². The quantitative estimate of drug-likeness (QED) is 0.313. The SMILES string of the molecule is Cc1cc(C#CC(C)(C)O)cc2ccnc(N(C(=O)c3ccc(-n4nnc5cccnc54)cc3F)[C@@H]3CCCNC3)c12. The molecule has 0 unspecified atom stereocenters. The van der Waals surface area contributed by atoms with Gasteiger partial charge in [-0.15, -0.1) is 5.10 Å². The maximum atomic E-state index is 15.8. The minimum Gasteiger partial charge on any atom is -0.378 e. The molecule has 3 aromatic heterocycles. The number of benzene rings is 2. The van der Waals surface area contributed by atoms with Crippen LogP contribution in [0.1, 0.15) is 48.2 Å². The summed E-state index contributed by atoms with van der Waals surface area (Å²) in [5.41, 5.74) is 1.92. The van der Waals surface area contributed by atoms with Crippen molar-refractivity contribution in [3.05, 3.63) is 83.4 Å². The number of piperidine rings is 1. The van der Waals surface area contributed by atoms with Crippen molar-refractivity contribution in [1.29, 1.82) is 0 Å². The first kappa shape index (κ1) is 27.4. The van der Waals surface area contributed by atoms with Crippen LogP contribution in [0.4, 0.5) is 10.2 Å². The van der Waals surface area contributed by atoms with E-state index in [2.05, 4.69) is 37.4 Å². The predicted molar refractivity (Wildman–Crippen MR) is 159 cm³/mol. The number of nitrogens with zero attached hydrogens (tertiary/aromatic N) is 6. The molecule has 1 saturated heterocycles. The number of halogens is 1. The Hall–Kier alpha value is -4.72. The third kappa shape index (κ3) is 5.32. The van der Waals surface area contributed by atoms with Crippen LogP contribution in [0, 0.1) is 24.6 Å². The Bertz CT molecular complexity index is 1880. The van der Waals surface area contributed by atoms with Gasteiger partial charge in [-0.05, 0) is 93.6 Å². The third-order valence-corrected chi connectivity index (χ3v) is 7.27. The molecule has 2 aromatic carbocycles. The summed E-state index contributed by atoms with van der Waals surface area (Å²) in [7, 11) is 0. The van der Waals surface area contributed by atoms with E-state index in [-0.39, 0.29) is 11.6 Å². The molecule has 1 aliphatic rings. The molecule has 6 rings (SSSR count). The summed E-state index contributed by atoms with van der Waals surface area (Å²) in [6.07, 6.45) is 4.90. The minimum absolute atomic E-state index is 0.0641. The van der Waals surface area contributed by atoms with Gasteiger partial charge in [-0.25, -0.2) is 14.4 Å². The van der Waals surface area contributed by atoms with Crippen LogP contribution in [0.3, 0.4) is 0 Å². The van der Waals surface area contributed by atoms with Crippen LogP contribution in [-0.2, 0) is 0 Å². The maximum Gasteiger partial charge on any atom is 0.262 e. The van der Waals surface area contributed by atoms with Gasteiger partial charge in [0, 0.05) is 36.0 Å². The molecule has 1 amide bonds. The minimum atomic E-state index is -1.12. The molecule has 1 atom stereocenters. The Labute approximate surface area is 242 Å². The standard InChI is InChI=1S/C32H30FN7O2/c1-20-16-21(10-12-32(2,3)42)17-22-11-15-36-30(28(20)22)39(24-6-4-13-34-19-24)31(41)25-9-8-23(18-26(25)33)40-29-27(37-38-40)7-5-14-35-29/h5,7-9,11,14-18,24,34,42H,4,6,13,19H2,1-3H3/t24-/m1/s1. The van der Waals surface area contributed by atoms with Gasteiger partial charge in [0.1, 0.15) is 22.8 Å². The maximum absolute atomic E-state index is 15.8. The van der Waals surface area contributed by atoms with E-state index in [1.807, 2.05) is 25.1 Å². The van der Waals surface area contributed by atoms with E-state index < -0.39 is 17.3 Å². The Morgan fingerprint density at radius 2 is 2.02 bits per heavy atom. The van der Waals surface area contributed by atoms with Crippen molar-refractivity contribution in [1.82, 2.24) is 30.3 Å². The molecule has 10 heteroatoms. The molecule has 4 heterocycles. The van der Waals surface area contributed by atoms with Gasteiger partial charge >= 0.3 is 0 Å². The van der Waals surface area contributed by atoms with E-state index >= 15 is 4.39 Å². The normalized spacial score (nSPS) is 15.4. The Morgan fingerprint density at radius 1 is 1.17 bits per heavy atom. The van der Waals surface area contributed by atoms with Crippen molar-refractivity contribution < 1.29 is 14.3 Å². The van der Waals surface area contributed by atoms with Gasteiger partial charge in [0.25, 0.3) is 5.91 Å². The smallest absolute Gasteiger partial charge is 0.262 e. The van der Waals surface area contributed by atoms with E-state index in [1.165, 1.54) is 16.8 Å². The van der Waals surface area contributed by atoms with Crippen molar-refractivity contribution in [2.45, 2.75) is 45.3 Å².